The van der Waals surface area contributed by atoms with E-state index in [0.29, 0.717) is 18.3 Å². The summed E-state index contributed by atoms with van der Waals surface area (Å²) in [5.41, 5.74) is 1.53. The minimum absolute atomic E-state index is 0.0812. The minimum atomic E-state index is -0.0812. The molecule has 0 saturated carbocycles. The van der Waals surface area contributed by atoms with Crippen molar-refractivity contribution < 1.29 is 5.11 Å². The number of nitrogens with zero attached hydrogens (tertiary/aromatic N) is 5. The van der Waals surface area contributed by atoms with Crippen molar-refractivity contribution in [1.29, 1.82) is 0 Å². The first-order valence-electron chi connectivity index (χ1n) is 6.30. The van der Waals surface area contributed by atoms with Gasteiger partial charge in [0.05, 0.1) is 31.1 Å². The molecule has 0 radical (unpaired) electrons. The first-order valence-corrected chi connectivity index (χ1v) is 6.30. The van der Waals surface area contributed by atoms with Crippen LogP contribution in [0.1, 0.15) is 44.1 Å². The summed E-state index contributed by atoms with van der Waals surface area (Å²) in [5.74, 6) is 0. The molecule has 2 heterocycles. The van der Waals surface area contributed by atoms with Crippen molar-refractivity contribution in [2.45, 2.75) is 45.9 Å². The molecule has 18 heavy (non-hydrogen) atoms. The maximum Gasteiger partial charge on any atom is 0.108 e. The lowest BCUT2D eigenvalue weighted by Crippen LogP contribution is -2.09. The van der Waals surface area contributed by atoms with Gasteiger partial charge in [-0.2, -0.15) is 5.10 Å². The molecule has 0 spiro atoms. The van der Waals surface area contributed by atoms with Gasteiger partial charge >= 0.3 is 0 Å². The molecule has 0 fully saturated rings. The SMILES string of the molecule is CCC(CC)n1ccc(Cn2cc(CO)nn2)n1. The highest BCUT2D eigenvalue weighted by Crippen LogP contribution is 2.14. The van der Waals surface area contributed by atoms with E-state index in [1.165, 1.54) is 0 Å². The van der Waals surface area contributed by atoms with E-state index >= 15 is 0 Å². The van der Waals surface area contributed by atoms with Crippen molar-refractivity contribution in [3.05, 3.63) is 29.8 Å². The van der Waals surface area contributed by atoms with Gasteiger partial charge in [0, 0.05) is 6.20 Å². The molecule has 0 saturated heterocycles. The van der Waals surface area contributed by atoms with Gasteiger partial charge in [-0.05, 0) is 18.9 Å². The molecule has 0 unspecified atom stereocenters. The Bertz CT molecular complexity index is 486. The second kappa shape index (κ2) is 5.77. The van der Waals surface area contributed by atoms with Gasteiger partial charge in [-0.15, -0.1) is 5.10 Å². The Kier molecular flexibility index (Phi) is 4.09. The lowest BCUT2D eigenvalue weighted by Gasteiger charge is -2.12. The van der Waals surface area contributed by atoms with Gasteiger partial charge in [-0.3, -0.25) is 4.68 Å². The van der Waals surface area contributed by atoms with E-state index in [9.17, 15) is 0 Å². The summed E-state index contributed by atoms with van der Waals surface area (Å²) in [6, 6.07) is 2.46. The van der Waals surface area contributed by atoms with E-state index in [4.69, 9.17) is 5.11 Å². The van der Waals surface area contributed by atoms with Crippen LogP contribution < -0.4 is 0 Å². The molecular formula is C12H19N5O. The minimum Gasteiger partial charge on any atom is -0.390 e. The smallest absolute Gasteiger partial charge is 0.108 e. The molecule has 0 atom stereocenters. The highest BCUT2D eigenvalue weighted by Gasteiger charge is 2.08. The van der Waals surface area contributed by atoms with Crippen LogP contribution in [0.15, 0.2) is 18.5 Å². The number of aromatic nitrogens is 5. The van der Waals surface area contributed by atoms with Crippen molar-refractivity contribution in [2.75, 3.05) is 0 Å². The zero-order valence-corrected chi connectivity index (χ0v) is 10.8. The lowest BCUT2D eigenvalue weighted by atomic mass is 10.2. The predicted molar refractivity (Wildman–Crippen MR) is 66.9 cm³/mol. The predicted octanol–water partition coefficient (Wildman–Crippen LogP) is 1.38. The molecule has 0 aliphatic rings. The Morgan fingerprint density at radius 3 is 2.67 bits per heavy atom. The molecule has 0 amide bonds. The molecule has 0 aromatic carbocycles. The second-order valence-corrected chi connectivity index (χ2v) is 4.32. The molecule has 98 valence electrons. The van der Waals surface area contributed by atoms with E-state index in [0.717, 1.165) is 18.5 Å². The Balaban J connectivity index is 2.06. The van der Waals surface area contributed by atoms with E-state index in [2.05, 4.69) is 29.3 Å². The number of hydrogen-bond donors (Lipinski definition) is 1. The van der Waals surface area contributed by atoms with Crippen LogP contribution in [0.4, 0.5) is 0 Å². The average molecular weight is 249 g/mol. The van der Waals surface area contributed by atoms with Crippen LogP contribution in [0.2, 0.25) is 0 Å². The molecule has 0 bridgehead atoms. The zero-order valence-electron chi connectivity index (χ0n) is 10.8. The van der Waals surface area contributed by atoms with Crippen molar-refractivity contribution >= 4 is 0 Å². The van der Waals surface area contributed by atoms with Crippen LogP contribution in [0.3, 0.4) is 0 Å². The molecule has 2 aromatic heterocycles. The van der Waals surface area contributed by atoms with Crippen LogP contribution in [-0.2, 0) is 13.2 Å². The fraction of sp³-hybridized carbons (Fsp3) is 0.583. The zero-order chi connectivity index (χ0) is 13.0. The third kappa shape index (κ3) is 2.76. The largest absolute Gasteiger partial charge is 0.390 e. The summed E-state index contributed by atoms with van der Waals surface area (Å²) in [5, 5.41) is 21.2. The highest BCUT2D eigenvalue weighted by molar-refractivity contribution is 5.01. The van der Waals surface area contributed by atoms with Crippen molar-refractivity contribution in [2.24, 2.45) is 0 Å². The highest BCUT2D eigenvalue weighted by atomic mass is 16.3. The van der Waals surface area contributed by atoms with Gasteiger partial charge in [0.15, 0.2) is 0 Å². The lowest BCUT2D eigenvalue weighted by molar-refractivity contribution is 0.276. The first kappa shape index (κ1) is 12.8. The number of hydrogen-bond acceptors (Lipinski definition) is 4. The van der Waals surface area contributed by atoms with Crippen molar-refractivity contribution in [1.82, 2.24) is 24.8 Å². The maximum atomic E-state index is 8.92. The van der Waals surface area contributed by atoms with Gasteiger partial charge in [0.1, 0.15) is 5.69 Å². The molecule has 2 aromatic rings. The molecule has 0 aliphatic carbocycles. The Labute approximate surface area is 106 Å². The Morgan fingerprint density at radius 2 is 2.06 bits per heavy atom. The first-order chi connectivity index (χ1) is 8.76. The van der Waals surface area contributed by atoms with Crippen LogP contribution in [0.5, 0.6) is 0 Å². The van der Waals surface area contributed by atoms with Crippen molar-refractivity contribution in [3.8, 4) is 0 Å². The molecular weight excluding hydrogens is 230 g/mol. The number of aliphatic hydroxyl groups excluding tert-OH is 1. The van der Waals surface area contributed by atoms with Gasteiger partial charge in [0.2, 0.25) is 0 Å². The Hall–Kier alpha value is -1.69. The molecule has 1 N–H and O–H groups in total. The van der Waals surface area contributed by atoms with Gasteiger partial charge in [-0.25, -0.2) is 4.68 Å². The molecule has 2 rings (SSSR count). The second-order valence-electron chi connectivity index (χ2n) is 4.32. The van der Waals surface area contributed by atoms with Crippen LogP contribution >= 0.6 is 0 Å². The summed E-state index contributed by atoms with van der Waals surface area (Å²) >= 11 is 0. The normalized spacial score (nSPS) is 11.3. The van der Waals surface area contributed by atoms with Crippen LogP contribution in [0, 0.1) is 0 Å². The fourth-order valence-electron chi connectivity index (χ4n) is 1.98. The molecule has 0 aliphatic heterocycles. The standard InChI is InChI=1S/C12H19N5O/c1-3-12(4-2)17-6-5-10(14-17)7-16-8-11(9-18)13-15-16/h5-6,8,12,18H,3-4,7,9H2,1-2H3. The van der Waals surface area contributed by atoms with Gasteiger partial charge in [-0.1, -0.05) is 19.1 Å². The van der Waals surface area contributed by atoms with Gasteiger partial charge in [0.25, 0.3) is 0 Å². The van der Waals surface area contributed by atoms with E-state index in [1.807, 2.05) is 16.9 Å². The summed E-state index contributed by atoms with van der Waals surface area (Å²) < 4.78 is 3.70. The molecule has 6 heteroatoms. The van der Waals surface area contributed by atoms with E-state index < -0.39 is 0 Å². The number of rotatable bonds is 6. The summed E-state index contributed by atoms with van der Waals surface area (Å²) in [6.07, 6.45) is 5.90. The Morgan fingerprint density at radius 1 is 1.28 bits per heavy atom. The summed E-state index contributed by atoms with van der Waals surface area (Å²) in [7, 11) is 0. The summed E-state index contributed by atoms with van der Waals surface area (Å²) in [4.78, 5) is 0. The summed E-state index contributed by atoms with van der Waals surface area (Å²) in [6.45, 7) is 4.84. The van der Waals surface area contributed by atoms with Gasteiger partial charge < -0.3 is 5.11 Å². The quantitative estimate of drug-likeness (QED) is 0.839. The van der Waals surface area contributed by atoms with Crippen molar-refractivity contribution in [3.63, 3.8) is 0 Å². The fourth-order valence-corrected chi connectivity index (χ4v) is 1.98. The topological polar surface area (TPSA) is 68.8 Å². The maximum absolute atomic E-state index is 8.92. The average Bonchev–Trinajstić information content (AvgIpc) is 3.01. The number of aliphatic hydroxyl groups is 1. The van der Waals surface area contributed by atoms with E-state index in [-0.39, 0.29) is 6.61 Å². The third-order valence-corrected chi connectivity index (χ3v) is 3.05. The third-order valence-electron chi connectivity index (χ3n) is 3.05. The van der Waals surface area contributed by atoms with E-state index in [1.54, 1.807) is 10.9 Å². The van der Waals surface area contributed by atoms with Crippen LogP contribution in [0.25, 0.3) is 0 Å². The molecule has 6 nitrogen and oxygen atoms in total. The monoisotopic (exact) mass is 249 g/mol. The van der Waals surface area contributed by atoms with Crippen LogP contribution in [-0.4, -0.2) is 29.9 Å².